The molecule has 1 aromatic heterocycles. The highest BCUT2D eigenvalue weighted by Crippen LogP contribution is 2.25. The van der Waals surface area contributed by atoms with Crippen molar-refractivity contribution in [2.75, 3.05) is 0 Å². The van der Waals surface area contributed by atoms with Crippen LogP contribution in [0.1, 0.15) is 30.2 Å². The third-order valence-electron chi connectivity index (χ3n) is 3.30. The molecule has 2 aromatic rings. The topological polar surface area (TPSA) is 66.0 Å². The molecule has 100 valence electrons. The number of benzene rings is 1. The van der Waals surface area contributed by atoms with Gasteiger partial charge in [0.05, 0.1) is 5.69 Å². The number of carbonyl (C=O) groups is 1. The molecule has 0 bridgehead atoms. The van der Waals surface area contributed by atoms with Crippen molar-refractivity contribution in [3.05, 3.63) is 41.1 Å². The minimum atomic E-state index is -0.784. The Morgan fingerprint density at radius 3 is 2.58 bits per heavy atom. The number of rotatable bonds is 5. The summed E-state index contributed by atoms with van der Waals surface area (Å²) in [4.78, 5) is 10.7. The number of aromatic nitrogens is 2. The summed E-state index contributed by atoms with van der Waals surface area (Å²) in [5.41, 5.74) is 5.11. The van der Waals surface area contributed by atoms with Crippen molar-refractivity contribution in [3.63, 3.8) is 0 Å². The second-order valence-electron chi connectivity index (χ2n) is 4.62. The molecule has 0 aliphatic heterocycles. The van der Waals surface area contributed by atoms with E-state index in [9.17, 15) is 4.79 Å². The molecule has 0 atom stereocenters. The Bertz CT molecular complexity index is 570. The van der Waals surface area contributed by atoms with E-state index >= 15 is 0 Å². The number of carboxylic acid groups (broad SMARTS) is 1. The van der Waals surface area contributed by atoms with E-state index in [1.807, 2.05) is 19.1 Å². The Morgan fingerprint density at radius 1 is 1.32 bits per heavy atom. The van der Waals surface area contributed by atoms with Gasteiger partial charge in [0.2, 0.25) is 0 Å². The number of hydrogen-bond donors (Lipinski definition) is 2. The molecule has 0 fully saturated rings. The van der Waals surface area contributed by atoms with Crippen molar-refractivity contribution in [1.82, 2.24) is 10.2 Å². The van der Waals surface area contributed by atoms with E-state index in [2.05, 4.69) is 29.3 Å². The van der Waals surface area contributed by atoms with Crippen LogP contribution in [0, 0.1) is 6.92 Å². The molecule has 1 heterocycles. The highest BCUT2D eigenvalue weighted by atomic mass is 16.4. The minimum absolute atomic E-state index is 0.125. The van der Waals surface area contributed by atoms with E-state index in [4.69, 9.17) is 5.11 Å². The highest BCUT2D eigenvalue weighted by molar-refractivity contribution is 5.69. The average molecular weight is 258 g/mol. The van der Waals surface area contributed by atoms with E-state index in [0.29, 0.717) is 6.42 Å². The lowest BCUT2D eigenvalue weighted by atomic mass is 10.0. The van der Waals surface area contributed by atoms with Gasteiger partial charge in [-0.1, -0.05) is 31.2 Å². The first-order valence-corrected chi connectivity index (χ1v) is 6.46. The van der Waals surface area contributed by atoms with Crippen LogP contribution in [0.3, 0.4) is 0 Å². The van der Waals surface area contributed by atoms with Crippen molar-refractivity contribution < 1.29 is 9.90 Å². The number of aryl methyl sites for hydroxylation is 2. The van der Waals surface area contributed by atoms with Crippen LogP contribution in [-0.2, 0) is 17.6 Å². The molecule has 2 N–H and O–H groups in total. The molecule has 0 saturated carbocycles. The molecule has 4 nitrogen and oxygen atoms in total. The van der Waals surface area contributed by atoms with Gasteiger partial charge >= 0.3 is 5.97 Å². The van der Waals surface area contributed by atoms with Gasteiger partial charge < -0.3 is 5.11 Å². The third-order valence-corrected chi connectivity index (χ3v) is 3.30. The first kappa shape index (κ1) is 13.3. The number of aromatic amines is 1. The molecule has 0 saturated heterocycles. The van der Waals surface area contributed by atoms with E-state index in [-0.39, 0.29) is 6.42 Å². The lowest BCUT2D eigenvalue weighted by molar-refractivity contribution is -0.136. The van der Waals surface area contributed by atoms with Gasteiger partial charge in [0, 0.05) is 23.2 Å². The lowest BCUT2D eigenvalue weighted by Gasteiger charge is -2.04. The Hall–Kier alpha value is -2.10. The summed E-state index contributed by atoms with van der Waals surface area (Å²) in [5, 5.41) is 16.0. The Balaban J connectivity index is 2.30. The molecule has 19 heavy (non-hydrogen) atoms. The first-order valence-electron chi connectivity index (χ1n) is 6.46. The van der Waals surface area contributed by atoms with Crippen LogP contribution in [0.25, 0.3) is 11.3 Å². The maximum atomic E-state index is 10.7. The van der Waals surface area contributed by atoms with Gasteiger partial charge in [0.15, 0.2) is 0 Å². The van der Waals surface area contributed by atoms with E-state index < -0.39 is 5.97 Å². The van der Waals surface area contributed by atoms with Gasteiger partial charge in [0.25, 0.3) is 0 Å². The summed E-state index contributed by atoms with van der Waals surface area (Å²) in [7, 11) is 0. The Kier molecular flexibility index (Phi) is 4.00. The lowest BCUT2D eigenvalue weighted by Crippen LogP contribution is -1.99. The molecule has 4 heteroatoms. The van der Waals surface area contributed by atoms with Gasteiger partial charge in [-0.2, -0.15) is 5.10 Å². The summed E-state index contributed by atoms with van der Waals surface area (Å²) in [6.45, 7) is 4.04. The average Bonchev–Trinajstić information content (AvgIpc) is 2.78. The monoisotopic (exact) mass is 258 g/mol. The Labute approximate surface area is 112 Å². The predicted molar refractivity (Wildman–Crippen MR) is 74.1 cm³/mol. The fourth-order valence-corrected chi connectivity index (χ4v) is 2.13. The van der Waals surface area contributed by atoms with Crippen LogP contribution in [0.4, 0.5) is 0 Å². The van der Waals surface area contributed by atoms with Crippen molar-refractivity contribution >= 4 is 5.97 Å². The maximum absolute atomic E-state index is 10.7. The molecule has 1 aromatic carbocycles. The summed E-state index contributed by atoms with van der Waals surface area (Å²) in [6, 6.07) is 8.25. The second kappa shape index (κ2) is 5.69. The SMILES string of the molecule is CCc1ccc(-c2n[nH]c(C)c2CCC(=O)O)cc1. The smallest absolute Gasteiger partial charge is 0.303 e. The second-order valence-corrected chi connectivity index (χ2v) is 4.62. The Morgan fingerprint density at radius 2 is 2.00 bits per heavy atom. The summed E-state index contributed by atoms with van der Waals surface area (Å²) in [6.07, 6.45) is 1.63. The zero-order chi connectivity index (χ0) is 13.8. The summed E-state index contributed by atoms with van der Waals surface area (Å²) < 4.78 is 0. The van der Waals surface area contributed by atoms with Crippen molar-refractivity contribution in [2.24, 2.45) is 0 Å². The maximum Gasteiger partial charge on any atom is 0.303 e. The summed E-state index contributed by atoms with van der Waals surface area (Å²) >= 11 is 0. The van der Waals surface area contributed by atoms with E-state index in [0.717, 1.165) is 28.9 Å². The standard InChI is InChI=1S/C15H18N2O2/c1-3-11-4-6-12(7-5-11)15-13(8-9-14(18)19)10(2)16-17-15/h4-7H,3,8-9H2,1-2H3,(H,16,17)(H,18,19). The third kappa shape index (κ3) is 3.02. The van der Waals surface area contributed by atoms with Crippen LogP contribution >= 0.6 is 0 Å². The van der Waals surface area contributed by atoms with Crippen LogP contribution in [0.2, 0.25) is 0 Å². The van der Waals surface area contributed by atoms with Gasteiger partial charge in [-0.15, -0.1) is 0 Å². The van der Waals surface area contributed by atoms with E-state index in [1.54, 1.807) is 0 Å². The molecule has 0 aliphatic rings. The quantitative estimate of drug-likeness (QED) is 0.866. The molecule has 0 unspecified atom stereocenters. The van der Waals surface area contributed by atoms with Crippen LogP contribution in [-0.4, -0.2) is 21.3 Å². The summed E-state index contributed by atoms with van der Waals surface area (Å²) in [5.74, 6) is -0.784. The fraction of sp³-hybridized carbons (Fsp3) is 0.333. The molecule has 0 spiro atoms. The van der Waals surface area contributed by atoms with Gasteiger partial charge in [-0.05, 0) is 25.3 Å². The molecule has 0 aliphatic carbocycles. The number of carboxylic acids is 1. The number of aliphatic carboxylic acids is 1. The minimum Gasteiger partial charge on any atom is -0.481 e. The zero-order valence-electron chi connectivity index (χ0n) is 11.2. The van der Waals surface area contributed by atoms with Gasteiger partial charge in [-0.25, -0.2) is 0 Å². The largest absolute Gasteiger partial charge is 0.481 e. The molecule has 0 amide bonds. The number of H-pyrrole nitrogens is 1. The van der Waals surface area contributed by atoms with Crippen LogP contribution in [0.15, 0.2) is 24.3 Å². The van der Waals surface area contributed by atoms with Crippen molar-refractivity contribution in [2.45, 2.75) is 33.1 Å². The van der Waals surface area contributed by atoms with Gasteiger partial charge in [-0.3, -0.25) is 9.89 Å². The van der Waals surface area contributed by atoms with Crippen LogP contribution in [0.5, 0.6) is 0 Å². The number of nitrogens with one attached hydrogen (secondary N) is 1. The van der Waals surface area contributed by atoms with Crippen molar-refractivity contribution in [3.8, 4) is 11.3 Å². The zero-order valence-corrected chi connectivity index (χ0v) is 11.2. The normalized spacial score (nSPS) is 10.6. The molecular weight excluding hydrogens is 240 g/mol. The van der Waals surface area contributed by atoms with Crippen LogP contribution < -0.4 is 0 Å². The first-order chi connectivity index (χ1) is 9.11. The fourth-order valence-electron chi connectivity index (χ4n) is 2.13. The number of hydrogen-bond acceptors (Lipinski definition) is 2. The van der Waals surface area contributed by atoms with Gasteiger partial charge in [0.1, 0.15) is 0 Å². The molecular formula is C15H18N2O2. The van der Waals surface area contributed by atoms with Crippen molar-refractivity contribution in [1.29, 1.82) is 0 Å². The molecule has 2 rings (SSSR count). The van der Waals surface area contributed by atoms with E-state index in [1.165, 1.54) is 5.56 Å². The number of nitrogens with zero attached hydrogens (tertiary/aromatic N) is 1. The highest BCUT2D eigenvalue weighted by Gasteiger charge is 2.13. The molecule has 0 radical (unpaired) electrons. The predicted octanol–water partition coefficient (Wildman–Crippen LogP) is 2.96.